The second-order valence-corrected chi connectivity index (χ2v) is 2.21. The van der Waals surface area contributed by atoms with Crippen molar-refractivity contribution in [2.75, 3.05) is 27.3 Å². The highest BCUT2D eigenvalue weighted by atomic mass is 16.5. The lowest BCUT2D eigenvalue weighted by molar-refractivity contribution is -0.142. The Morgan fingerprint density at radius 3 is 1.40 bits per heavy atom. The van der Waals surface area contributed by atoms with Crippen LogP contribution in [0.1, 0.15) is 78.4 Å². The molecule has 0 aromatic carbocycles. The molecule has 6 nitrogen and oxygen atoms in total. The summed E-state index contributed by atoms with van der Waals surface area (Å²) in [5, 5.41) is 18.0. The Labute approximate surface area is 149 Å². The molecular weight excluding hydrogens is 264 g/mol. The lowest BCUT2D eigenvalue weighted by atomic mass is 10.2. The molecule has 0 atom stereocenters. The van der Waals surface area contributed by atoms with E-state index in [-0.39, 0.29) is 0 Å². The van der Waals surface area contributed by atoms with Crippen LogP contribution < -0.4 is 0 Å². The first-order valence-corrected chi connectivity index (χ1v) is 4.58. The zero-order valence-corrected chi connectivity index (χ0v) is 10.5. The summed E-state index contributed by atoms with van der Waals surface area (Å²) >= 11 is 0. The average molecular weight is 312 g/mol. The Morgan fingerprint density at radius 1 is 0.800 bits per heavy atom. The quantitative estimate of drug-likeness (QED) is 0.593. The monoisotopic (exact) mass is 312 g/mol. The standard InChI is InChI=1S/C8H14O4.C6H14O2/c1-11-7(9)5-3-4-6-8(10)12-2;7-5-3-1-2-4-6-8/h3-6H2,1-2H3;7-8H,1-6H2/i3D2,4D2,5D2,6D2;1D2,2D2,3D2,4D2,5D2,6D2. The summed E-state index contributed by atoms with van der Waals surface area (Å²) in [7, 11) is 1.53. The number of esters is 2. The fourth-order valence-corrected chi connectivity index (χ4v) is 0.385. The van der Waals surface area contributed by atoms with Crippen LogP contribution in [0, 0.1) is 0 Å². The fourth-order valence-electron chi connectivity index (χ4n) is 0.385. The second kappa shape index (κ2) is 17.9. The Hall–Kier alpha value is -1.14. The van der Waals surface area contributed by atoms with Crippen LogP contribution in [0.3, 0.4) is 0 Å². The molecule has 0 aliphatic heterocycles. The van der Waals surface area contributed by atoms with Crippen LogP contribution in [0.15, 0.2) is 0 Å². The van der Waals surface area contributed by atoms with E-state index in [1.54, 1.807) is 0 Å². The molecule has 0 spiro atoms. The summed E-state index contributed by atoms with van der Waals surface area (Å²) in [6.45, 7) is -7.75. The van der Waals surface area contributed by atoms with E-state index in [1.165, 1.54) is 0 Å². The number of carbonyl (C=O) groups is 2. The predicted molar refractivity (Wildman–Crippen MR) is 75.1 cm³/mol. The van der Waals surface area contributed by atoms with Gasteiger partial charge >= 0.3 is 11.9 Å². The number of aliphatic hydroxyl groups is 2. The fraction of sp³-hybridized carbons (Fsp3) is 0.857. The topological polar surface area (TPSA) is 93.1 Å². The molecule has 120 valence electrons. The zero-order valence-electron chi connectivity index (χ0n) is 30.5. The zero-order chi connectivity index (χ0) is 33.6. The summed E-state index contributed by atoms with van der Waals surface area (Å²) in [4.78, 5) is 22.5. The molecule has 2 N–H and O–H groups in total. The average Bonchev–Trinajstić information content (AvgIpc) is 2.75. The first kappa shape index (κ1) is 4.43. The van der Waals surface area contributed by atoms with Crippen molar-refractivity contribution in [1.29, 1.82) is 0 Å². The Bertz CT molecular complexity index is 844. The van der Waals surface area contributed by atoms with Gasteiger partial charge in [0.15, 0.2) is 0 Å². The molecule has 0 rings (SSSR count). The maximum Gasteiger partial charge on any atom is 0.305 e. The molecular formula is C14H28O6. The van der Waals surface area contributed by atoms with Crippen LogP contribution in [-0.2, 0) is 19.1 Å². The van der Waals surface area contributed by atoms with Gasteiger partial charge in [0.1, 0.15) is 0 Å². The van der Waals surface area contributed by atoms with Crippen molar-refractivity contribution in [3.63, 3.8) is 0 Å². The van der Waals surface area contributed by atoms with Crippen LogP contribution >= 0.6 is 0 Å². The van der Waals surface area contributed by atoms with Crippen molar-refractivity contribution in [3.05, 3.63) is 0 Å². The normalized spacial score (nSPS) is 31.4. The molecule has 0 aromatic rings. The smallest absolute Gasteiger partial charge is 0.305 e. The first-order valence-electron chi connectivity index (χ1n) is 14.6. The Balaban J connectivity index is 0. The van der Waals surface area contributed by atoms with Crippen molar-refractivity contribution >= 4 is 11.9 Å². The van der Waals surface area contributed by atoms with Crippen molar-refractivity contribution in [2.24, 2.45) is 0 Å². The van der Waals surface area contributed by atoms with Crippen LogP contribution in [0.2, 0.25) is 0 Å². The van der Waals surface area contributed by atoms with Gasteiger partial charge in [-0.15, -0.1) is 0 Å². The third-order valence-corrected chi connectivity index (χ3v) is 1.06. The molecule has 6 heteroatoms. The van der Waals surface area contributed by atoms with Crippen molar-refractivity contribution in [2.45, 2.75) is 51.0 Å². The van der Waals surface area contributed by atoms with Crippen molar-refractivity contribution in [1.82, 2.24) is 0 Å². The Kier molecular flexibility index (Phi) is 3.95. The SMILES string of the molecule is [2H]C([2H])(C(=O)OC)C([2H])([2H])C([2H])([2H])C([2H])([2H])C(=O)OC.[2H]C([2H])(O)C([2H])([2H])C([2H])([2H])C([2H])([2H])C([2H])([2H])C([2H])([2H])O. The van der Waals surface area contributed by atoms with Gasteiger partial charge in [-0.25, -0.2) is 0 Å². The molecule has 0 radical (unpaired) electrons. The van der Waals surface area contributed by atoms with Gasteiger partial charge in [0.25, 0.3) is 0 Å². The maximum atomic E-state index is 11.3. The van der Waals surface area contributed by atoms with Crippen LogP contribution in [-0.4, -0.2) is 49.5 Å². The van der Waals surface area contributed by atoms with E-state index in [0.717, 1.165) is 14.2 Å². The van der Waals surface area contributed by atoms with Crippen molar-refractivity contribution < 1.29 is 56.7 Å². The minimum atomic E-state index is -4.02. The minimum absolute atomic E-state index is 0.765. The summed E-state index contributed by atoms with van der Waals surface area (Å²) < 4.78 is 152. The molecule has 0 saturated carbocycles. The molecule has 0 unspecified atom stereocenters. The van der Waals surface area contributed by atoms with Gasteiger partial charge in [-0.1, -0.05) is 12.7 Å². The lowest BCUT2D eigenvalue weighted by Crippen LogP contribution is -2.02. The molecule has 0 amide bonds. The highest BCUT2D eigenvalue weighted by molar-refractivity contribution is 5.70. The van der Waals surface area contributed by atoms with E-state index in [9.17, 15) is 9.59 Å². The lowest BCUT2D eigenvalue weighted by Gasteiger charge is -1.98. The molecule has 0 aliphatic carbocycles. The van der Waals surface area contributed by atoms with Crippen LogP contribution in [0.25, 0.3) is 0 Å². The van der Waals surface area contributed by atoms with Gasteiger partial charge < -0.3 is 19.7 Å². The van der Waals surface area contributed by atoms with Gasteiger partial charge in [-0.2, -0.15) is 0 Å². The van der Waals surface area contributed by atoms with Gasteiger partial charge in [-0.3, -0.25) is 9.59 Å². The first-order chi connectivity index (χ1) is 17.0. The number of ether oxygens (including phenoxy) is 2. The predicted octanol–water partition coefficient (Wildman–Crippen LogP) is 1.42. The van der Waals surface area contributed by atoms with Crippen molar-refractivity contribution in [3.8, 4) is 0 Å². The molecule has 0 heterocycles. The third kappa shape index (κ3) is 19.2. The van der Waals surface area contributed by atoms with E-state index in [1.807, 2.05) is 0 Å². The molecule has 0 aromatic heterocycles. The summed E-state index contributed by atoms with van der Waals surface area (Å²) in [6, 6.07) is 0. The van der Waals surface area contributed by atoms with E-state index in [0.29, 0.717) is 0 Å². The minimum Gasteiger partial charge on any atom is -0.469 e. The van der Waals surface area contributed by atoms with Gasteiger partial charge in [0.2, 0.25) is 0 Å². The number of hydrogen-bond acceptors (Lipinski definition) is 6. The van der Waals surface area contributed by atoms with E-state index >= 15 is 0 Å². The number of carbonyl (C=O) groups excluding carboxylic acids is 2. The molecule has 0 aliphatic rings. The summed E-state index contributed by atoms with van der Waals surface area (Å²) in [5.41, 5.74) is 0. The highest BCUT2D eigenvalue weighted by Crippen LogP contribution is 2.01. The molecule has 0 fully saturated rings. The number of rotatable bonds is 10. The largest absolute Gasteiger partial charge is 0.469 e. The van der Waals surface area contributed by atoms with E-state index < -0.39 is 76.0 Å². The van der Waals surface area contributed by atoms with Crippen LogP contribution in [0.5, 0.6) is 0 Å². The van der Waals surface area contributed by atoms with E-state index in [2.05, 4.69) is 9.47 Å². The Morgan fingerprint density at radius 2 is 1.15 bits per heavy atom. The highest BCUT2D eigenvalue weighted by Gasteiger charge is 2.02. The second-order valence-electron chi connectivity index (χ2n) is 2.21. The van der Waals surface area contributed by atoms with Crippen LogP contribution in [0.4, 0.5) is 0 Å². The summed E-state index contributed by atoms with van der Waals surface area (Å²) in [5.74, 6) is -3.46. The number of methoxy groups -OCH3 is 2. The van der Waals surface area contributed by atoms with Gasteiger partial charge in [0.05, 0.1) is 19.7 Å². The van der Waals surface area contributed by atoms with Gasteiger partial charge in [-0.05, 0) is 25.5 Å². The molecule has 0 saturated heterocycles. The maximum absolute atomic E-state index is 11.3. The third-order valence-electron chi connectivity index (χ3n) is 1.06. The van der Waals surface area contributed by atoms with Gasteiger partial charge in [0, 0.05) is 47.8 Å². The summed E-state index contributed by atoms with van der Waals surface area (Å²) in [6.07, 6.45) is -30.3. The molecule has 20 heavy (non-hydrogen) atoms. The molecule has 0 bridgehead atoms. The number of hydrogen-bond donors (Lipinski definition) is 2. The van der Waals surface area contributed by atoms with E-state index in [4.69, 9.17) is 37.6 Å².